The first kappa shape index (κ1) is 52.7. The third kappa shape index (κ3) is 7.90. The largest absolute Gasteiger partial charge is 0.376 e. The fraction of sp³-hybridized carbons (Fsp3) is 0.241. The molecule has 0 N–H and O–H groups in total. The summed E-state index contributed by atoms with van der Waals surface area (Å²) in [5, 5.41) is 2.61. The molecular formula is C79H74BN3S. The van der Waals surface area contributed by atoms with E-state index in [0.29, 0.717) is 0 Å². The number of fused-ring (bicyclic) bond motifs is 13. The first-order chi connectivity index (χ1) is 40.2. The molecule has 0 bridgehead atoms. The second-order valence-corrected chi connectivity index (χ2v) is 29.4. The van der Waals surface area contributed by atoms with E-state index in [1.807, 2.05) is 11.3 Å². The number of anilines is 8. The molecule has 0 amide bonds. The van der Waals surface area contributed by atoms with Gasteiger partial charge in [0.15, 0.2) is 0 Å². The van der Waals surface area contributed by atoms with Crippen LogP contribution in [-0.4, -0.2) is 6.85 Å². The van der Waals surface area contributed by atoms with Gasteiger partial charge < -0.3 is 14.6 Å². The minimum Gasteiger partial charge on any atom is -0.376 e. The highest BCUT2D eigenvalue weighted by Gasteiger charge is 2.51. The maximum Gasteiger partial charge on any atom is 0.333 e. The third-order valence-electron chi connectivity index (χ3n) is 19.8. The van der Waals surface area contributed by atoms with Crippen LogP contribution in [0.5, 0.6) is 0 Å². The molecule has 5 heteroatoms. The molecule has 3 nitrogen and oxygen atoms in total. The summed E-state index contributed by atoms with van der Waals surface area (Å²) in [6.45, 7) is 28.8. The number of benzene rings is 10. The van der Waals surface area contributed by atoms with E-state index in [-0.39, 0.29) is 33.9 Å². The van der Waals surface area contributed by atoms with Gasteiger partial charge in [-0.05, 0) is 192 Å². The molecular weight excluding hydrogens is 1030 g/mol. The third-order valence-corrected chi connectivity index (χ3v) is 21.0. The van der Waals surface area contributed by atoms with Crippen molar-refractivity contribution >= 4 is 94.8 Å². The van der Waals surface area contributed by atoms with E-state index in [2.05, 4.69) is 304 Å². The van der Waals surface area contributed by atoms with Gasteiger partial charge in [0, 0.05) is 66.1 Å². The molecule has 0 spiro atoms. The molecule has 11 aromatic rings. The molecule has 0 radical (unpaired) electrons. The molecule has 414 valence electrons. The summed E-state index contributed by atoms with van der Waals surface area (Å²) in [6, 6.07) is 79.5. The molecule has 0 fully saturated rings. The van der Waals surface area contributed by atoms with Gasteiger partial charge in [-0.1, -0.05) is 198 Å². The van der Waals surface area contributed by atoms with Crippen LogP contribution in [0.25, 0.3) is 53.6 Å². The topological polar surface area (TPSA) is 9.72 Å². The van der Waals surface area contributed by atoms with Crippen molar-refractivity contribution in [3.63, 3.8) is 0 Å². The Bertz CT molecular complexity index is 4440. The zero-order valence-electron chi connectivity index (χ0n) is 50.9. The summed E-state index contributed by atoms with van der Waals surface area (Å²) in [5.74, 6) is 0. The van der Waals surface area contributed by atoms with Crippen LogP contribution in [-0.2, 0) is 27.1 Å². The number of rotatable bonds is 6. The summed E-state index contributed by atoms with van der Waals surface area (Å²) < 4.78 is 2.61. The lowest BCUT2D eigenvalue weighted by Crippen LogP contribution is -2.61. The van der Waals surface area contributed by atoms with Crippen molar-refractivity contribution in [1.82, 2.24) is 0 Å². The zero-order valence-corrected chi connectivity index (χ0v) is 51.7. The molecule has 0 unspecified atom stereocenters. The van der Waals surface area contributed by atoms with Crippen molar-refractivity contribution in [2.45, 2.75) is 123 Å². The standard InChI is InChI=1S/C79H74BN3S/c1-75(2,3)50-32-35-54(36-33-50)83-68-41-38-57-59-47-63-64(78(9,10)43-42-77(63,7)8)48-62(59)79(11,12)71(57)70(68)61-46-60-56-30-22-23-31-69(56)84-74(60)73-72(61)80(83)65-45-55(81(52-26-18-14-19-27-52)53-28-20-15-21-29-53)37-40-67(65)82(73)66-39-34-51(76(4,5)6)44-58(66)49-24-16-13-17-25-49/h13-41,44-48H,42-43H2,1-12H3. The fourth-order valence-corrected chi connectivity index (χ4v) is 16.3. The average Bonchev–Trinajstić information content (AvgIpc) is 1.27. The van der Waals surface area contributed by atoms with Crippen LogP contribution in [0, 0.1) is 0 Å². The molecule has 0 saturated heterocycles. The number of thiophene rings is 1. The molecule has 4 aliphatic rings. The van der Waals surface area contributed by atoms with Crippen molar-refractivity contribution in [1.29, 1.82) is 0 Å². The predicted octanol–water partition coefficient (Wildman–Crippen LogP) is 21.1. The van der Waals surface area contributed by atoms with Crippen molar-refractivity contribution < 1.29 is 0 Å². The number of para-hydroxylation sites is 2. The van der Waals surface area contributed by atoms with Crippen LogP contribution >= 0.6 is 11.3 Å². The van der Waals surface area contributed by atoms with E-state index in [1.165, 1.54) is 139 Å². The monoisotopic (exact) mass is 1110 g/mol. The van der Waals surface area contributed by atoms with Crippen LogP contribution < -0.4 is 25.5 Å². The first-order valence-electron chi connectivity index (χ1n) is 30.5. The molecule has 84 heavy (non-hydrogen) atoms. The Kier molecular flexibility index (Phi) is 11.6. The minimum absolute atomic E-state index is 0.0199. The Balaban J connectivity index is 1.11. The van der Waals surface area contributed by atoms with Gasteiger partial charge in [-0.2, -0.15) is 0 Å². The summed E-state index contributed by atoms with van der Waals surface area (Å²) in [5.41, 5.74) is 28.1. The van der Waals surface area contributed by atoms with Crippen molar-refractivity contribution in [2.75, 3.05) is 14.6 Å². The lowest BCUT2D eigenvalue weighted by molar-refractivity contribution is 0.331. The molecule has 10 aromatic carbocycles. The zero-order chi connectivity index (χ0) is 58.0. The SMILES string of the molecule is CC(C)(C)c1ccc(N2B3c4cc(N(c5ccccc5)c5ccccc5)ccc4N(c4ccc(C(C)(C)C)cc4-c4ccccc4)c4c3c(cc3c4sc4ccccc43)-c3c2ccc2c3C(C)(C)c3cc4c(cc3-2)C(C)(C)CCC4(C)C)cc1. The molecule has 2 aliphatic carbocycles. The quantitative estimate of drug-likeness (QED) is 0.154. The Morgan fingerprint density at radius 3 is 1.70 bits per heavy atom. The smallest absolute Gasteiger partial charge is 0.333 e. The number of nitrogens with zero attached hydrogens (tertiary/aromatic N) is 3. The van der Waals surface area contributed by atoms with Gasteiger partial charge in [0.25, 0.3) is 0 Å². The molecule has 1 aromatic heterocycles. The normalized spacial score (nSPS) is 16.0. The second kappa shape index (κ2) is 18.4. The first-order valence-corrected chi connectivity index (χ1v) is 31.3. The average molecular weight is 1110 g/mol. The van der Waals surface area contributed by atoms with Gasteiger partial charge in [-0.15, -0.1) is 11.3 Å². The van der Waals surface area contributed by atoms with Crippen LogP contribution in [0.15, 0.2) is 206 Å². The van der Waals surface area contributed by atoms with Crippen LogP contribution in [0.3, 0.4) is 0 Å². The van der Waals surface area contributed by atoms with Crippen molar-refractivity contribution in [3.05, 3.63) is 240 Å². The van der Waals surface area contributed by atoms with Crippen molar-refractivity contribution in [2.24, 2.45) is 0 Å². The Labute approximate surface area is 502 Å². The van der Waals surface area contributed by atoms with Gasteiger partial charge in [-0.25, -0.2) is 0 Å². The Hall–Kier alpha value is -8.12. The fourth-order valence-electron chi connectivity index (χ4n) is 15.1. The highest BCUT2D eigenvalue weighted by molar-refractivity contribution is 7.26. The van der Waals surface area contributed by atoms with Gasteiger partial charge in [-0.3, -0.25) is 0 Å². The highest BCUT2D eigenvalue weighted by Crippen LogP contribution is 2.61. The van der Waals surface area contributed by atoms with Crippen LogP contribution in [0.2, 0.25) is 0 Å². The van der Waals surface area contributed by atoms with E-state index in [9.17, 15) is 0 Å². The lowest BCUT2D eigenvalue weighted by atomic mass is 9.43. The molecule has 15 rings (SSSR count). The van der Waals surface area contributed by atoms with E-state index >= 15 is 0 Å². The lowest BCUT2D eigenvalue weighted by Gasteiger charge is -2.47. The van der Waals surface area contributed by atoms with Gasteiger partial charge in [0.1, 0.15) is 0 Å². The van der Waals surface area contributed by atoms with E-state index in [0.717, 1.165) is 17.1 Å². The van der Waals surface area contributed by atoms with E-state index in [4.69, 9.17) is 0 Å². The van der Waals surface area contributed by atoms with E-state index in [1.54, 1.807) is 0 Å². The van der Waals surface area contributed by atoms with Crippen molar-refractivity contribution in [3.8, 4) is 33.4 Å². The maximum absolute atomic E-state index is 2.76. The molecule has 0 atom stereocenters. The summed E-state index contributed by atoms with van der Waals surface area (Å²) in [7, 11) is 0. The number of hydrogen-bond acceptors (Lipinski definition) is 4. The second-order valence-electron chi connectivity index (χ2n) is 28.4. The predicted molar refractivity (Wildman–Crippen MR) is 363 cm³/mol. The summed E-state index contributed by atoms with van der Waals surface area (Å²) >= 11 is 1.95. The minimum atomic E-state index is -0.329. The van der Waals surface area contributed by atoms with Gasteiger partial charge >= 0.3 is 6.85 Å². The summed E-state index contributed by atoms with van der Waals surface area (Å²) in [4.78, 5) is 7.92. The van der Waals surface area contributed by atoms with Gasteiger partial charge in [0.2, 0.25) is 0 Å². The van der Waals surface area contributed by atoms with Crippen LogP contribution in [0.4, 0.5) is 45.5 Å². The van der Waals surface area contributed by atoms with Gasteiger partial charge in [0.05, 0.1) is 16.1 Å². The number of hydrogen-bond donors (Lipinski definition) is 0. The maximum atomic E-state index is 2.76. The van der Waals surface area contributed by atoms with E-state index < -0.39 is 0 Å². The Morgan fingerprint density at radius 1 is 0.464 bits per heavy atom. The molecule has 3 heterocycles. The molecule has 2 aliphatic heterocycles. The highest BCUT2D eigenvalue weighted by atomic mass is 32.1. The van der Waals surface area contributed by atoms with Crippen LogP contribution in [0.1, 0.15) is 129 Å². The molecule has 0 saturated carbocycles. The Morgan fingerprint density at radius 2 is 1.05 bits per heavy atom. The summed E-state index contributed by atoms with van der Waals surface area (Å²) in [6.07, 6.45) is 2.36.